The highest BCUT2D eigenvalue weighted by molar-refractivity contribution is 5.85. The second kappa shape index (κ2) is 12.7. The number of benzene rings is 1. The molecule has 4 nitrogen and oxygen atoms in total. The molecule has 160 valence electrons. The molecule has 0 saturated carbocycles. The first-order chi connectivity index (χ1) is 12.6. The molecule has 2 aliphatic heterocycles. The standard InChI is InChI=1S/C22H35N3O.2ClH/c1-18(21-9-6-11-23-14-21)13-22(26)24(2)15-20-10-12-25(17-20)16-19-7-4-3-5-8-19;;/h3-5,7-8,18,20-21,23H,6,9-17H2,1-2H3;2*1H. The molecule has 1 amide bonds. The summed E-state index contributed by atoms with van der Waals surface area (Å²) in [6.07, 6.45) is 4.41. The third-order valence-electron chi connectivity index (χ3n) is 6.21. The topological polar surface area (TPSA) is 35.6 Å². The lowest BCUT2D eigenvalue weighted by Crippen LogP contribution is -2.37. The Morgan fingerprint density at radius 1 is 1.25 bits per heavy atom. The molecule has 3 unspecified atom stereocenters. The number of halogens is 2. The Morgan fingerprint density at radius 3 is 2.68 bits per heavy atom. The number of nitrogens with zero attached hydrogens (tertiary/aromatic N) is 2. The minimum absolute atomic E-state index is 0. The molecule has 1 aromatic carbocycles. The largest absolute Gasteiger partial charge is 0.345 e. The summed E-state index contributed by atoms with van der Waals surface area (Å²) in [4.78, 5) is 17.2. The van der Waals surface area contributed by atoms with Gasteiger partial charge in [0, 0.05) is 33.1 Å². The van der Waals surface area contributed by atoms with Crippen LogP contribution < -0.4 is 5.32 Å². The van der Waals surface area contributed by atoms with E-state index in [2.05, 4.69) is 47.5 Å². The lowest BCUT2D eigenvalue weighted by Gasteiger charge is -2.29. The van der Waals surface area contributed by atoms with Gasteiger partial charge in [0.2, 0.25) is 5.91 Å². The minimum atomic E-state index is 0. The summed E-state index contributed by atoms with van der Waals surface area (Å²) in [5.74, 6) is 2.08. The maximum Gasteiger partial charge on any atom is 0.222 e. The summed E-state index contributed by atoms with van der Waals surface area (Å²) in [7, 11) is 1.99. The molecule has 0 aromatic heterocycles. The van der Waals surface area contributed by atoms with Crippen molar-refractivity contribution in [2.75, 3.05) is 39.8 Å². The zero-order valence-corrected chi connectivity index (χ0v) is 18.9. The highest BCUT2D eigenvalue weighted by atomic mass is 35.5. The normalized spacial score (nSPS) is 23.4. The fraction of sp³-hybridized carbons (Fsp3) is 0.682. The van der Waals surface area contributed by atoms with E-state index in [9.17, 15) is 4.79 Å². The van der Waals surface area contributed by atoms with Crippen molar-refractivity contribution in [1.82, 2.24) is 15.1 Å². The summed E-state index contributed by atoms with van der Waals surface area (Å²) in [5, 5.41) is 3.47. The van der Waals surface area contributed by atoms with Crippen LogP contribution in [0.3, 0.4) is 0 Å². The Kier molecular flexibility index (Phi) is 11.4. The number of carbonyl (C=O) groups is 1. The summed E-state index contributed by atoms with van der Waals surface area (Å²) in [6.45, 7) is 8.65. The number of carbonyl (C=O) groups excluding carboxylic acids is 1. The third kappa shape index (κ3) is 7.55. The van der Waals surface area contributed by atoms with Crippen LogP contribution >= 0.6 is 24.8 Å². The quantitative estimate of drug-likeness (QED) is 0.714. The summed E-state index contributed by atoms with van der Waals surface area (Å²) >= 11 is 0. The number of piperidine rings is 1. The second-order valence-electron chi connectivity index (χ2n) is 8.44. The number of nitrogens with one attached hydrogen (secondary N) is 1. The molecule has 2 saturated heterocycles. The van der Waals surface area contributed by atoms with Gasteiger partial charge in [0.25, 0.3) is 0 Å². The Bertz CT molecular complexity index is 566. The van der Waals surface area contributed by atoms with Crippen LogP contribution in [0.25, 0.3) is 0 Å². The summed E-state index contributed by atoms with van der Waals surface area (Å²) < 4.78 is 0. The van der Waals surface area contributed by atoms with E-state index in [1.165, 1.54) is 24.8 Å². The zero-order chi connectivity index (χ0) is 18.4. The molecule has 3 atom stereocenters. The van der Waals surface area contributed by atoms with Crippen molar-refractivity contribution in [1.29, 1.82) is 0 Å². The highest BCUT2D eigenvalue weighted by Crippen LogP contribution is 2.24. The maximum absolute atomic E-state index is 12.6. The Morgan fingerprint density at radius 2 is 2.00 bits per heavy atom. The van der Waals surface area contributed by atoms with Gasteiger partial charge in [-0.15, -0.1) is 24.8 Å². The molecule has 3 rings (SSSR count). The van der Waals surface area contributed by atoms with Crippen LogP contribution in [-0.2, 0) is 11.3 Å². The van der Waals surface area contributed by atoms with Crippen molar-refractivity contribution in [3.63, 3.8) is 0 Å². The summed E-state index contributed by atoms with van der Waals surface area (Å²) in [5.41, 5.74) is 1.38. The average Bonchev–Trinajstić information content (AvgIpc) is 3.10. The fourth-order valence-electron chi connectivity index (χ4n) is 4.50. The van der Waals surface area contributed by atoms with Gasteiger partial charge < -0.3 is 10.2 Å². The van der Waals surface area contributed by atoms with Gasteiger partial charge in [-0.1, -0.05) is 37.3 Å². The molecular formula is C22H37Cl2N3O. The van der Waals surface area contributed by atoms with Crippen LogP contribution in [0.15, 0.2) is 30.3 Å². The molecule has 28 heavy (non-hydrogen) atoms. The average molecular weight is 430 g/mol. The Balaban J connectivity index is 0.00000196. The Labute approximate surface area is 183 Å². The monoisotopic (exact) mass is 429 g/mol. The predicted molar refractivity (Wildman–Crippen MR) is 121 cm³/mol. The lowest BCUT2D eigenvalue weighted by molar-refractivity contribution is -0.131. The molecule has 1 aromatic rings. The van der Waals surface area contributed by atoms with Crippen molar-refractivity contribution in [2.45, 2.75) is 39.2 Å². The first-order valence-electron chi connectivity index (χ1n) is 10.3. The highest BCUT2D eigenvalue weighted by Gasteiger charge is 2.27. The van der Waals surface area contributed by atoms with Gasteiger partial charge in [0.15, 0.2) is 0 Å². The van der Waals surface area contributed by atoms with E-state index in [-0.39, 0.29) is 24.8 Å². The van der Waals surface area contributed by atoms with E-state index in [0.717, 1.165) is 39.3 Å². The van der Waals surface area contributed by atoms with Crippen LogP contribution in [0.2, 0.25) is 0 Å². The van der Waals surface area contributed by atoms with E-state index < -0.39 is 0 Å². The van der Waals surface area contributed by atoms with Crippen LogP contribution in [0.5, 0.6) is 0 Å². The number of hydrogen-bond donors (Lipinski definition) is 1. The van der Waals surface area contributed by atoms with Crippen molar-refractivity contribution >= 4 is 30.7 Å². The van der Waals surface area contributed by atoms with E-state index >= 15 is 0 Å². The third-order valence-corrected chi connectivity index (χ3v) is 6.21. The van der Waals surface area contributed by atoms with E-state index in [4.69, 9.17) is 0 Å². The number of amides is 1. The zero-order valence-electron chi connectivity index (χ0n) is 17.3. The maximum atomic E-state index is 12.6. The Hall–Kier alpha value is -0.810. The first-order valence-corrected chi connectivity index (χ1v) is 10.3. The van der Waals surface area contributed by atoms with Crippen LogP contribution in [-0.4, -0.2) is 55.5 Å². The second-order valence-corrected chi connectivity index (χ2v) is 8.44. The molecule has 6 heteroatoms. The molecule has 1 N–H and O–H groups in total. The van der Waals surface area contributed by atoms with Crippen molar-refractivity contribution < 1.29 is 4.79 Å². The fourth-order valence-corrected chi connectivity index (χ4v) is 4.50. The van der Waals surface area contributed by atoms with Gasteiger partial charge in [-0.05, 0) is 62.2 Å². The predicted octanol–water partition coefficient (Wildman–Crippen LogP) is 3.84. The van der Waals surface area contributed by atoms with Crippen molar-refractivity contribution in [3.8, 4) is 0 Å². The molecular weight excluding hydrogens is 393 g/mol. The smallest absolute Gasteiger partial charge is 0.222 e. The van der Waals surface area contributed by atoms with Crippen molar-refractivity contribution in [3.05, 3.63) is 35.9 Å². The molecule has 0 spiro atoms. The van der Waals surface area contributed by atoms with E-state index in [1.54, 1.807) is 0 Å². The molecule has 0 radical (unpaired) electrons. The molecule has 0 aliphatic carbocycles. The van der Waals surface area contributed by atoms with Crippen LogP contribution in [0.1, 0.15) is 38.2 Å². The lowest BCUT2D eigenvalue weighted by atomic mass is 9.85. The van der Waals surface area contributed by atoms with Gasteiger partial charge in [-0.25, -0.2) is 0 Å². The van der Waals surface area contributed by atoms with Gasteiger partial charge >= 0.3 is 0 Å². The summed E-state index contributed by atoms with van der Waals surface area (Å²) in [6, 6.07) is 10.7. The van der Waals surface area contributed by atoms with Crippen molar-refractivity contribution in [2.24, 2.45) is 17.8 Å². The van der Waals surface area contributed by atoms with Gasteiger partial charge in [-0.3, -0.25) is 9.69 Å². The first kappa shape index (κ1) is 25.2. The number of hydrogen-bond acceptors (Lipinski definition) is 3. The minimum Gasteiger partial charge on any atom is -0.345 e. The number of rotatable bonds is 7. The van der Waals surface area contributed by atoms with Crippen LogP contribution in [0.4, 0.5) is 0 Å². The molecule has 2 aliphatic rings. The molecule has 2 heterocycles. The molecule has 2 fully saturated rings. The number of likely N-dealkylation sites (tertiary alicyclic amines) is 1. The van der Waals surface area contributed by atoms with Gasteiger partial charge in [0.05, 0.1) is 0 Å². The molecule has 0 bridgehead atoms. The van der Waals surface area contributed by atoms with E-state index in [1.807, 2.05) is 11.9 Å². The van der Waals surface area contributed by atoms with E-state index in [0.29, 0.717) is 30.1 Å². The SMILES string of the molecule is CC(CC(=O)N(C)CC1CCN(Cc2ccccc2)C1)C1CCCNC1.Cl.Cl. The van der Waals surface area contributed by atoms with Crippen LogP contribution in [0, 0.1) is 17.8 Å². The van der Waals surface area contributed by atoms with Gasteiger partial charge in [-0.2, -0.15) is 0 Å². The van der Waals surface area contributed by atoms with Gasteiger partial charge in [0.1, 0.15) is 0 Å².